The summed E-state index contributed by atoms with van der Waals surface area (Å²) in [6.45, 7) is -2.06. The first-order chi connectivity index (χ1) is 38.1. The van der Waals surface area contributed by atoms with Gasteiger partial charge in [0.05, 0.1) is 45.1 Å². The summed E-state index contributed by atoms with van der Waals surface area (Å²) >= 11 is 6.67. The molecule has 0 aliphatic heterocycles. The largest absolute Gasteiger partial charge is 0.481 e. The molecule has 5 N–H and O–H groups in total. The summed E-state index contributed by atoms with van der Waals surface area (Å²) in [6, 6.07) is 3.02. The maximum absolute atomic E-state index is 15.7. The molecular weight excluding hydrogens is 1220 g/mol. The SMILES string of the molecule is CC(C)(CCc1ccc(-c2ccc(Cl)c3c(N(C(=O)CC[C@H](CC(=O)O)NC(=O)OCOP(=O)(O)O)S(C)(=O)=O)nn(CC(F)(F)F)c23)c([C@H](Cc2cc(F)cc(F)c2)NC(=O)Cn2nc(C(F)(F)F)c3c2C(F)(F)C2C[C@H]32)n1)S(C)(=O)=O. The predicted octanol–water partition coefficient (Wildman–Crippen LogP) is 7.58. The molecule has 1 unspecified atom stereocenters. The fraction of sp³-hybridized carbons (Fsp3) is 0.468. The van der Waals surface area contributed by atoms with E-state index >= 15 is 8.78 Å². The van der Waals surface area contributed by atoms with Crippen LogP contribution in [0.4, 0.5) is 54.5 Å². The topological polar surface area (TPSA) is 309 Å². The van der Waals surface area contributed by atoms with E-state index in [0.717, 1.165) is 30.5 Å². The zero-order valence-corrected chi connectivity index (χ0v) is 46.6. The lowest BCUT2D eigenvalue weighted by molar-refractivity contribution is -0.143. The highest BCUT2D eigenvalue weighted by atomic mass is 35.5. The van der Waals surface area contributed by atoms with Gasteiger partial charge in [-0.15, -0.1) is 0 Å². The number of fused-ring (bicyclic) bond motifs is 4. The summed E-state index contributed by atoms with van der Waals surface area (Å²) in [6.07, 6.45) is -15.0. The minimum atomic E-state index is -5.26. The zero-order valence-electron chi connectivity index (χ0n) is 43.4. The van der Waals surface area contributed by atoms with E-state index in [1.54, 1.807) is 0 Å². The number of anilines is 1. The lowest BCUT2D eigenvalue weighted by atomic mass is 9.93. The number of hydrogen-bond acceptors (Lipinski definition) is 14. The third-order valence-corrected chi connectivity index (χ3v) is 17.6. The first-order valence-electron chi connectivity index (χ1n) is 24.2. The highest BCUT2D eigenvalue weighted by Crippen LogP contribution is 2.68. The van der Waals surface area contributed by atoms with E-state index in [2.05, 4.69) is 29.8 Å². The smallest absolute Gasteiger partial charge is 0.472 e. The maximum Gasteiger partial charge on any atom is 0.472 e. The Bertz CT molecular complexity index is 3670. The van der Waals surface area contributed by atoms with Crippen molar-refractivity contribution in [1.82, 2.24) is 35.2 Å². The number of carbonyl (C=O) groups excluding carboxylic acids is 3. The van der Waals surface area contributed by atoms with Crippen LogP contribution in [0, 0.1) is 17.6 Å². The van der Waals surface area contributed by atoms with Crippen LogP contribution in [0.25, 0.3) is 22.0 Å². The van der Waals surface area contributed by atoms with Crippen LogP contribution >= 0.6 is 19.4 Å². The van der Waals surface area contributed by atoms with Crippen LogP contribution in [-0.2, 0) is 86.1 Å². The van der Waals surface area contributed by atoms with Gasteiger partial charge < -0.3 is 30.3 Å². The van der Waals surface area contributed by atoms with Gasteiger partial charge in [0.1, 0.15) is 30.4 Å². The highest BCUT2D eigenvalue weighted by molar-refractivity contribution is 7.93. The van der Waals surface area contributed by atoms with Crippen molar-refractivity contribution in [2.24, 2.45) is 5.92 Å². The number of rotatable bonds is 23. The number of sulfone groups is 1. The van der Waals surface area contributed by atoms with E-state index < -0.39 is 206 Å². The number of amides is 3. The number of ether oxygens (including phenoxy) is 1. The van der Waals surface area contributed by atoms with E-state index in [1.165, 1.54) is 26.0 Å². The van der Waals surface area contributed by atoms with E-state index in [9.17, 15) is 80.8 Å². The third kappa shape index (κ3) is 14.9. The molecule has 3 aromatic heterocycles. The number of aryl methyl sites for hydroxylation is 1. The number of phosphoric acid groups is 1. The van der Waals surface area contributed by atoms with Gasteiger partial charge in [-0.05, 0) is 81.7 Å². The number of nitrogens with zero attached hydrogens (tertiary/aromatic N) is 6. The average molecular weight is 1270 g/mol. The van der Waals surface area contributed by atoms with Gasteiger partial charge in [0.15, 0.2) is 21.3 Å². The minimum Gasteiger partial charge on any atom is -0.481 e. The summed E-state index contributed by atoms with van der Waals surface area (Å²) in [7, 11) is -14.0. The molecule has 2 aliphatic carbocycles. The van der Waals surface area contributed by atoms with Gasteiger partial charge in [0, 0.05) is 53.1 Å². The summed E-state index contributed by atoms with van der Waals surface area (Å²) in [5.74, 6) is -14.6. The number of aromatic nitrogens is 5. The number of aliphatic carboxylic acids is 1. The second kappa shape index (κ2) is 23.2. The molecule has 0 radical (unpaired) electrons. The van der Waals surface area contributed by atoms with Crippen LogP contribution in [0.2, 0.25) is 5.02 Å². The Morgan fingerprint density at radius 2 is 1.58 bits per heavy atom. The quantitative estimate of drug-likeness (QED) is 0.0239. The molecule has 3 amide bonds. The molecule has 22 nitrogen and oxygen atoms in total. The normalized spacial score (nSPS) is 16.9. The molecule has 7 rings (SSSR count). The lowest BCUT2D eigenvalue weighted by Crippen LogP contribution is -2.40. The zero-order chi connectivity index (χ0) is 61.9. The number of hydrogen-bond donors (Lipinski definition) is 5. The van der Waals surface area contributed by atoms with Crippen molar-refractivity contribution in [3.63, 3.8) is 0 Å². The standard InChI is InChI=1S/C47H48ClF10N8O14PS2/c1-44(2,82(3,75)76)12-11-25-5-7-27(38(59-25)32(15-22-13-23(49)16-24(50)14-22)61-33(67)19-64-41-36(40(62-64)47(56,57)58)29-18-30(29)46(41,54)55)28-8-9-31(48)37-39(28)65(20-45(51,52)53)63-42(37)66(83(4,77)78)34(68)10-6-26(17-35(69)70)60-43(71)79-21-80-81(72,73)74/h5,7-9,13-14,16,26,29-30,32H,6,10-12,15,17-21H2,1-4H3,(H,60,71)(H,61,67)(H,69,70)(H2,72,73,74)/t26-,29+,30?,32+/m1/s1. The molecule has 0 spiro atoms. The Balaban J connectivity index is 1.40. The fourth-order valence-corrected chi connectivity index (χ4v) is 11.3. The van der Waals surface area contributed by atoms with E-state index in [-0.39, 0.29) is 49.8 Å². The molecule has 4 atom stereocenters. The van der Waals surface area contributed by atoms with Crippen LogP contribution < -0.4 is 14.9 Å². The molecule has 5 aromatic rings. The molecule has 36 heteroatoms. The number of sulfonamides is 1. The van der Waals surface area contributed by atoms with Crippen molar-refractivity contribution in [2.75, 3.05) is 23.6 Å². The first-order valence-corrected chi connectivity index (χ1v) is 29.9. The second-order valence-electron chi connectivity index (χ2n) is 20.2. The Morgan fingerprint density at radius 3 is 2.16 bits per heavy atom. The molecule has 2 aliphatic rings. The lowest BCUT2D eigenvalue weighted by Gasteiger charge is -2.25. The summed E-state index contributed by atoms with van der Waals surface area (Å²) in [5, 5.41) is 19.9. The number of benzene rings is 2. The average Bonchev–Trinajstić information content (AvgIpc) is 3.01. The van der Waals surface area contributed by atoms with Crippen LogP contribution in [-0.4, -0.2) is 116 Å². The fourth-order valence-electron chi connectivity index (χ4n) is 9.47. The van der Waals surface area contributed by atoms with Gasteiger partial charge in [-0.2, -0.15) is 49.6 Å². The van der Waals surface area contributed by atoms with Crippen molar-refractivity contribution in [3.8, 4) is 11.1 Å². The molecule has 0 bridgehead atoms. The van der Waals surface area contributed by atoms with E-state index in [0.29, 0.717) is 12.3 Å². The predicted molar refractivity (Wildman–Crippen MR) is 269 cm³/mol. The number of carboxylic acids is 1. The molecule has 1 fully saturated rings. The number of phosphoric ester groups is 1. The number of pyridine rings is 1. The van der Waals surface area contributed by atoms with Crippen LogP contribution in [0.15, 0.2) is 42.5 Å². The van der Waals surface area contributed by atoms with Gasteiger partial charge in [-0.25, -0.2) is 39.5 Å². The number of nitrogens with one attached hydrogen (secondary N) is 2. The molecule has 2 aromatic carbocycles. The van der Waals surface area contributed by atoms with Gasteiger partial charge in [-0.1, -0.05) is 23.7 Å². The second-order valence-corrected chi connectivity index (χ2v) is 26.3. The summed E-state index contributed by atoms with van der Waals surface area (Å²) in [4.78, 5) is 74.8. The van der Waals surface area contributed by atoms with Gasteiger partial charge in [0.25, 0.3) is 5.92 Å². The van der Waals surface area contributed by atoms with Gasteiger partial charge in [-0.3, -0.25) is 28.7 Å². The van der Waals surface area contributed by atoms with Crippen molar-refractivity contribution in [3.05, 3.63) is 93.0 Å². The molecular formula is C47H48ClF10N8O14PS2. The Morgan fingerprint density at radius 1 is 0.940 bits per heavy atom. The van der Waals surface area contributed by atoms with Crippen molar-refractivity contribution >= 4 is 79.9 Å². The highest BCUT2D eigenvalue weighted by Gasteiger charge is 2.68. The van der Waals surface area contributed by atoms with Crippen LogP contribution in [0.3, 0.4) is 0 Å². The number of halogens is 11. The maximum atomic E-state index is 15.7. The summed E-state index contributed by atoms with van der Waals surface area (Å²) < 4.78 is 219. The Kier molecular flexibility index (Phi) is 17.9. The van der Waals surface area contributed by atoms with Crippen LogP contribution in [0.5, 0.6) is 0 Å². The minimum absolute atomic E-state index is 0.0225. The van der Waals surface area contributed by atoms with Gasteiger partial charge in [0.2, 0.25) is 28.6 Å². The number of carbonyl (C=O) groups is 4. The number of alkyl carbamates (subject to hydrolysis) is 1. The van der Waals surface area contributed by atoms with Crippen molar-refractivity contribution in [1.29, 1.82) is 0 Å². The first kappa shape index (κ1) is 64.1. The van der Waals surface area contributed by atoms with E-state index in [4.69, 9.17) is 21.4 Å². The van der Waals surface area contributed by atoms with E-state index in [1.807, 2.05) is 5.32 Å². The molecule has 454 valence electrons. The molecule has 0 saturated heterocycles. The number of alkyl halides is 8. The molecule has 3 heterocycles. The molecule has 83 heavy (non-hydrogen) atoms. The van der Waals surface area contributed by atoms with Crippen molar-refractivity contribution in [2.45, 2.75) is 113 Å². The molecule has 1 saturated carbocycles. The monoisotopic (exact) mass is 1270 g/mol. The Labute approximate surface area is 468 Å². The number of carboxylic acid groups (broad SMARTS) is 1. The van der Waals surface area contributed by atoms with Crippen LogP contribution in [0.1, 0.15) is 91.8 Å². The Hall–Kier alpha value is -6.45. The third-order valence-electron chi connectivity index (χ3n) is 13.5. The summed E-state index contributed by atoms with van der Waals surface area (Å²) in [5.41, 5.74) is -5.96. The van der Waals surface area contributed by atoms with Crippen molar-refractivity contribution < 1.29 is 109 Å². The van der Waals surface area contributed by atoms with Gasteiger partial charge >= 0.3 is 32.2 Å².